The molecule has 0 saturated carbocycles. The number of nitrogens with one attached hydrogen (secondary N) is 1. The summed E-state index contributed by atoms with van der Waals surface area (Å²) in [5.74, 6) is -0.0655. The third kappa shape index (κ3) is 5.57. The van der Waals surface area contributed by atoms with E-state index in [1.54, 1.807) is 24.3 Å². The van der Waals surface area contributed by atoms with Gasteiger partial charge in [-0.25, -0.2) is 8.42 Å². The summed E-state index contributed by atoms with van der Waals surface area (Å²) in [5, 5.41) is 3.12. The molecule has 0 aliphatic carbocycles. The van der Waals surface area contributed by atoms with Crippen LogP contribution in [0.1, 0.15) is 48.4 Å². The first-order chi connectivity index (χ1) is 14.4. The average molecular weight is 422 g/mol. The monoisotopic (exact) mass is 421 g/mol. The van der Waals surface area contributed by atoms with Gasteiger partial charge in [-0.2, -0.15) is 0 Å². The molecule has 0 unspecified atom stereocenters. The molecule has 0 aliphatic heterocycles. The van der Waals surface area contributed by atoms with Crippen LogP contribution < -0.4 is 5.32 Å². The second kappa shape index (κ2) is 9.72. The van der Waals surface area contributed by atoms with Gasteiger partial charge in [-0.1, -0.05) is 79.7 Å². The fraction of sp³-hybridized carbons (Fsp3) is 0.240. The van der Waals surface area contributed by atoms with Crippen molar-refractivity contribution in [1.29, 1.82) is 0 Å². The smallest absolute Gasteiger partial charge is 0.221 e. The maximum absolute atomic E-state index is 13.0. The molecule has 0 fully saturated rings. The van der Waals surface area contributed by atoms with E-state index in [1.807, 2.05) is 67.6 Å². The molecule has 0 heterocycles. The highest BCUT2D eigenvalue weighted by Gasteiger charge is 2.20. The molecule has 3 aromatic carbocycles. The Balaban J connectivity index is 1.77. The van der Waals surface area contributed by atoms with Crippen molar-refractivity contribution in [2.75, 3.05) is 6.26 Å². The molecule has 0 aromatic heterocycles. The van der Waals surface area contributed by atoms with Gasteiger partial charge in [0.1, 0.15) is 0 Å². The quantitative estimate of drug-likeness (QED) is 0.564. The van der Waals surface area contributed by atoms with Gasteiger partial charge < -0.3 is 5.32 Å². The van der Waals surface area contributed by atoms with Crippen LogP contribution in [0.3, 0.4) is 0 Å². The van der Waals surface area contributed by atoms with Crippen LogP contribution in [-0.2, 0) is 14.6 Å². The second-order valence-corrected chi connectivity index (χ2v) is 9.46. The van der Waals surface area contributed by atoms with E-state index < -0.39 is 9.84 Å². The molecule has 0 saturated heterocycles. The number of carbonyl (C=O) groups excluding carboxylic acids is 1. The molecule has 156 valence electrons. The zero-order valence-corrected chi connectivity index (χ0v) is 18.1. The SMILES string of the molecule is CC[C@H](NC(=O)CC(c1ccccc1)c1ccccc1)c1ccc(S(C)(=O)=O)cc1. The fourth-order valence-electron chi connectivity index (χ4n) is 3.61. The van der Waals surface area contributed by atoms with E-state index in [0.717, 1.165) is 16.7 Å². The maximum Gasteiger partial charge on any atom is 0.221 e. The van der Waals surface area contributed by atoms with Crippen LogP contribution in [0.15, 0.2) is 89.8 Å². The van der Waals surface area contributed by atoms with Crippen LogP contribution in [-0.4, -0.2) is 20.6 Å². The van der Waals surface area contributed by atoms with Gasteiger partial charge in [-0.05, 0) is 35.2 Å². The number of sulfone groups is 1. The summed E-state index contributed by atoms with van der Waals surface area (Å²) in [6.07, 6.45) is 2.24. The van der Waals surface area contributed by atoms with Crippen LogP contribution in [0.2, 0.25) is 0 Å². The van der Waals surface area contributed by atoms with E-state index in [-0.39, 0.29) is 22.8 Å². The predicted molar refractivity (Wildman–Crippen MR) is 120 cm³/mol. The van der Waals surface area contributed by atoms with Gasteiger partial charge >= 0.3 is 0 Å². The molecule has 0 radical (unpaired) electrons. The lowest BCUT2D eigenvalue weighted by molar-refractivity contribution is -0.122. The number of rotatable bonds is 8. The third-order valence-electron chi connectivity index (χ3n) is 5.25. The van der Waals surface area contributed by atoms with Crippen molar-refractivity contribution in [3.05, 3.63) is 102 Å². The molecule has 4 nitrogen and oxygen atoms in total. The lowest BCUT2D eigenvalue weighted by atomic mass is 9.88. The molecule has 0 bridgehead atoms. The van der Waals surface area contributed by atoms with Crippen molar-refractivity contribution in [3.63, 3.8) is 0 Å². The van der Waals surface area contributed by atoms with Gasteiger partial charge in [0.15, 0.2) is 9.84 Å². The van der Waals surface area contributed by atoms with Gasteiger partial charge in [-0.3, -0.25) is 4.79 Å². The molecular weight excluding hydrogens is 394 g/mol. The Labute approximate surface area is 178 Å². The van der Waals surface area contributed by atoms with Crippen LogP contribution in [0, 0.1) is 0 Å². The van der Waals surface area contributed by atoms with Crippen molar-refractivity contribution in [3.8, 4) is 0 Å². The minimum atomic E-state index is -3.24. The summed E-state index contributed by atoms with van der Waals surface area (Å²) in [4.78, 5) is 13.2. The molecule has 3 rings (SSSR count). The van der Waals surface area contributed by atoms with Crippen LogP contribution in [0.5, 0.6) is 0 Å². The van der Waals surface area contributed by atoms with E-state index in [0.29, 0.717) is 12.8 Å². The molecule has 0 aliphatic rings. The third-order valence-corrected chi connectivity index (χ3v) is 6.38. The highest BCUT2D eigenvalue weighted by atomic mass is 32.2. The van der Waals surface area contributed by atoms with E-state index >= 15 is 0 Å². The van der Waals surface area contributed by atoms with Crippen LogP contribution in [0.25, 0.3) is 0 Å². The van der Waals surface area contributed by atoms with Crippen molar-refractivity contribution in [2.24, 2.45) is 0 Å². The number of benzene rings is 3. The summed E-state index contributed by atoms with van der Waals surface area (Å²) in [7, 11) is -3.24. The Hall–Kier alpha value is -2.92. The second-order valence-electron chi connectivity index (χ2n) is 7.45. The normalized spacial score (nSPS) is 12.5. The summed E-state index contributed by atoms with van der Waals surface area (Å²) in [6.45, 7) is 2.00. The summed E-state index contributed by atoms with van der Waals surface area (Å²) < 4.78 is 23.4. The van der Waals surface area contributed by atoms with Crippen molar-refractivity contribution in [1.82, 2.24) is 5.32 Å². The lowest BCUT2D eigenvalue weighted by Crippen LogP contribution is -2.29. The van der Waals surface area contributed by atoms with E-state index in [4.69, 9.17) is 0 Å². The summed E-state index contributed by atoms with van der Waals surface area (Å²) >= 11 is 0. The number of hydrogen-bond donors (Lipinski definition) is 1. The Morgan fingerprint density at radius 1 is 0.800 bits per heavy atom. The van der Waals surface area contributed by atoms with Crippen LogP contribution >= 0.6 is 0 Å². The molecule has 0 spiro atoms. The first-order valence-electron chi connectivity index (χ1n) is 10.1. The first kappa shape index (κ1) is 21.8. The average Bonchev–Trinajstić information content (AvgIpc) is 2.76. The first-order valence-corrected chi connectivity index (χ1v) is 12.0. The Bertz CT molecular complexity index is 1020. The maximum atomic E-state index is 13.0. The van der Waals surface area contributed by atoms with Crippen molar-refractivity contribution >= 4 is 15.7 Å². The van der Waals surface area contributed by atoms with E-state index in [9.17, 15) is 13.2 Å². The molecule has 1 N–H and O–H groups in total. The molecule has 30 heavy (non-hydrogen) atoms. The predicted octanol–water partition coefficient (Wildman–Crippen LogP) is 4.88. The van der Waals surface area contributed by atoms with E-state index in [2.05, 4.69) is 5.32 Å². The number of amides is 1. The fourth-order valence-corrected chi connectivity index (χ4v) is 4.24. The largest absolute Gasteiger partial charge is 0.349 e. The van der Waals surface area contributed by atoms with Crippen molar-refractivity contribution in [2.45, 2.75) is 36.6 Å². The molecule has 5 heteroatoms. The van der Waals surface area contributed by atoms with Gasteiger partial charge in [0, 0.05) is 18.6 Å². The Kier molecular flexibility index (Phi) is 7.06. The molecule has 1 amide bonds. The minimum Gasteiger partial charge on any atom is -0.349 e. The van der Waals surface area contributed by atoms with Gasteiger partial charge in [0.2, 0.25) is 5.91 Å². The highest BCUT2D eigenvalue weighted by Crippen LogP contribution is 2.28. The van der Waals surface area contributed by atoms with Crippen molar-refractivity contribution < 1.29 is 13.2 Å². The highest BCUT2D eigenvalue weighted by molar-refractivity contribution is 7.90. The zero-order chi connectivity index (χ0) is 21.6. The van der Waals surface area contributed by atoms with Gasteiger partial charge in [0.05, 0.1) is 10.9 Å². The van der Waals surface area contributed by atoms with Crippen LogP contribution in [0.4, 0.5) is 0 Å². The molecule has 3 aromatic rings. The van der Waals surface area contributed by atoms with Gasteiger partial charge in [-0.15, -0.1) is 0 Å². The minimum absolute atomic E-state index is 0.0301. The summed E-state index contributed by atoms with van der Waals surface area (Å²) in [6, 6.07) is 26.7. The lowest BCUT2D eigenvalue weighted by Gasteiger charge is -2.22. The Morgan fingerprint density at radius 2 is 1.30 bits per heavy atom. The van der Waals surface area contributed by atoms with Gasteiger partial charge in [0.25, 0.3) is 0 Å². The number of carbonyl (C=O) groups is 1. The molecule has 1 atom stereocenters. The number of hydrogen-bond acceptors (Lipinski definition) is 3. The zero-order valence-electron chi connectivity index (χ0n) is 17.3. The summed E-state index contributed by atoms with van der Waals surface area (Å²) in [5.41, 5.74) is 3.10. The van der Waals surface area contributed by atoms with E-state index in [1.165, 1.54) is 6.26 Å². The molecular formula is C25H27NO3S. The standard InChI is InChI=1S/C25H27NO3S/c1-3-24(21-14-16-22(17-15-21)30(2,28)29)26-25(27)18-23(19-10-6-4-7-11-19)20-12-8-5-9-13-20/h4-17,23-24H,3,18H2,1-2H3,(H,26,27)/t24-/m0/s1. The Morgan fingerprint density at radius 3 is 1.73 bits per heavy atom. The topological polar surface area (TPSA) is 63.2 Å².